The first-order valence-corrected chi connectivity index (χ1v) is 8.20. The molecular weight excluding hydrogens is 328 g/mol. The van der Waals surface area contributed by atoms with Crippen LogP contribution in [0.1, 0.15) is 18.1 Å². The minimum Gasteiger partial charge on any atom is -0.278 e. The summed E-state index contributed by atoms with van der Waals surface area (Å²) in [4.78, 5) is 10.3. The van der Waals surface area contributed by atoms with E-state index in [1.165, 1.54) is 17.7 Å². The Labute approximate surface area is 151 Å². The Morgan fingerprint density at radius 1 is 1.08 bits per heavy atom. The van der Waals surface area contributed by atoms with Crippen LogP contribution in [0.25, 0.3) is 0 Å². The number of nitrogens with one attached hydrogen (secondary N) is 1. The number of hydrogen-bond acceptors (Lipinski definition) is 4. The minimum atomic E-state index is -0.423. The average molecular weight is 347 g/mol. The van der Waals surface area contributed by atoms with E-state index in [4.69, 9.17) is 0 Å². The molecule has 0 radical (unpaired) electrons. The Bertz CT molecular complexity index is 922. The number of anilines is 1. The van der Waals surface area contributed by atoms with Crippen molar-refractivity contribution in [2.24, 2.45) is 5.10 Å². The molecule has 0 aliphatic rings. The van der Waals surface area contributed by atoms with Crippen LogP contribution in [0, 0.1) is 10.1 Å². The fourth-order valence-electron chi connectivity index (χ4n) is 2.50. The molecule has 1 heterocycles. The van der Waals surface area contributed by atoms with Gasteiger partial charge in [0.2, 0.25) is 0 Å². The van der Waals surface area contributed by atoms with Crippen molar-refractivity contribution in [2.45, 2.75) is 13.5 Å². The van der Waals surface area contributed by atoms with Crippen LogP contribution in [0.3, 0.4) is 0 Å². The predicted molar refractivity (Wildman–Crippen MR) is 101 cm³/mol. The highest BCUT2D eigenvalue weighted by molar-refractivity contribution is 5.98. The van der Waals surface area contributed by atoms with E-state index < -0.39 is 4.92 Å². The van der Waals surface area contributed by atoms with E-state index in [0.29, 0.717) is 5.69 Å². The molecule has 0 saturated heterocycles. The summed E-state index contributed by atoms with van der Waals surface area (Å²) in [5.74, 6) is 0. The number of rotatable bonds is 6. The molecule has 0 amide bonds. The van der Waals surface area contributed by atoms with E-state index in [0.717, 1.165) is 17.8 Å². The van der Waals surface area contributed by atoms with Crippen molar-refractivity contribution >= 4 is 17.1 Å². The van der Waals surface area contributed by atoms with E-state index in [9.17, 15) is 10.1 Å². The predicted octanol–water partition coefficient (Wildman–Crippen LogP) is 3.77. The van der Waals surface area contributed by atoms with Crippen LogP contribution < -0.4 is 9.99 Å². The number of hydrogen-bond donors (Lipinski definition) is 1. The molecule has 3 rings (SSSR count). The Morgan fingerprint density at radius 2 is 1.81 bits per heavy atom. The molecule has 1 N–H and O–H groups in total. The summed E-state index contributed by atoms with van der Waals surface area (Å²) in [6, 6.07) is 20.4. The number of nitro benzene ring substituents is 1. The number of aromatic nitrogens is 1. The molecule has 1 aromatic heterocycles. The maximum absolute atomic E-state index is 10.7. The lowest BCUT2D eigenvalue weighted by atomic mass is 10.2. The SMILES string of the molecule is C/C(=N/Nc1ccc([N+](=O)[O-])cc1)c1ccc[n+](Cc2ccccc2)c1. The molecule has 2 aromatic carbocycles. The largest absolute Gasteiger partial charge is 0.278 e. The third-order valence-electron chi connectivity index (χ3n) is 3.91. The smallest absolute Gasteiger partial charge is 0.269 e. The van der Waals surface area contributed by atoms with E-state index in [1.54, 1.807) is 12.1 Å². The van der Waals surface area contributed by atoms with Gasteiger partial charge < -0.3 is 0 Å². The fourth-order valence-corrected chi connectivity index (χ4v) is 2.50. The lowest BCUT2D eigenvalue weighted by Crippen LogP contribution is -2.34. The van der Waals surface area contributed by atoms with E-state index >= 15 is 0 Å². The van der Waals surface area contributed by atoms with Gasteiger partial charge in [0.05, 0.1) is 21.9 Å². The number of nitro groups is 1. The molecule has 0 fully saturated rings. The second-order valence-corrected chi connectivity index (χ2v) is 5.86. The lowest BCUT2D eigenvalue weighted by Gasteiger charge is -2.04. The van der Waals surface area contributed by atoms with E-state index in [1.807, 2.05) is 49.6 Å². The van der Waals surface area contributed by atoms with Gasteiger partial charge in [0.1, 0.15) is 0 Å². The number of pyridine rings is 1. The molecule has 0 bridgehead atoms. The first-order chi connectivity index (χ1) is 12.6. The van der Waals surface area contributed by atoms with Gasteiger partial charge in [-0.2, -0.15) is 5.10 Å². The van der Waals surface area contributed by atoms with Gasteiger partial charge in [-0.25, -0.2) is 4.57 Å². The highest BCUT2D eigenvalue weighted by atomic mass is 16.6. The topological polar surface area (TPSA) is 71.4 Å². The van der Waals surface area contributed by atoms with Gasteiger partial charge in [0.15, 0.2) is 18.9 Å². The van der Waals surface area contributed by atoms with Gasteiger partial charge in [-0.05, 0) is 25.1 Å². The molecule has 26 heavy (non-hydrogen) atoms. The van der Waals surface area contributed by atoms with Crippen molar-refractivity contribution in [3.8, 4) is 0 Å². The zero-order chi connectivity index (χ0) is 18.4. The van der Waals surface area contributed by atoms with Gasteiger partial charge in [-0.3, -0.25) is 15.5 Å². The van der Waals surface area contributed by atoms with Crippen LogP contribution in [0.5, 0.6) is 0 Å². The summed E-state index contributed by atoms with van der Waals surface area (Å²) in [5.41, 5.74) is 6.74. The highest BCUT2D eigenvalue weighted by Gasteiger charge is 2.07. The molecule has 6 heteroatoms. The summed E-state index contributed by atoms with van der Waals surface area (Å²) in [6.07, 6.45) is 4.07. The first-order valence-electron chi connectivity index (χ1n) is 8.20. The molecule has 3 aromatic rings. The molecule has 0 aliphatic heterocycles. The first kappa shape index (κ1) is 17.3. The second-order valence-electron chi connectivity index (χ2n) is 5.86. The molecule has 0 saturated carbocycles. The van der Waals surface area contributed by atoms with Crippen LogP contribution in [0.2, 0.25) is 0 Å². The van der Waals surface area contributed by atoms with Crippen LogP contribution in [-0.2, 0) is 6.54 Å². The van der Waals surface area contributed by atoms with Gasteiger partial charge >= 0.3 is 0 Å². The van der Waals surface area contributed by atoms with Crippen LogP contribution in [0.4, 0.5) is 11.4 Å². The molecule has 6 nitrogen and oxygen atoms in total. The molecule has 0 spiro atoms. The Kier molecular flexibility index (Phi) is 5.34. The van der Waals surface area contributed by atoms with E-state index in [-0.39, 0.29) is 5.69 Å². The van der Waals surface area contributed by atoms with E-state index in [2.05, 4.69) is 27.2 Å². The van der Waals surface area contributed by atoms with Crippen molar-refractivity contribution < 1.29 is 9.49 Å². The zero-order valence-electron chi connectivity index (χ0n) is 14.4. The second kappa shape index (κ2) is 8.02. The van der Waals surface area contributed by atoms with Gasteiger partial charge in [0, 0.05) is 23.8 Å². The van der Waals surface area contributed by atoms with Gasteiger partial charge in [-0.15, -0.1) is 0 Å². The molecule has 0 unspecified atom stereocenters. The standard InChI is InChI=1S/C20H19N4O2/c1-16(21-22-19-9-11-20(12-10-19)24(25)26)18-8-5-13-23(15-18)14-17-6-3-2-4-7-17/h2-13,15,22H,14H2,1H3/q+1/b21-16-. The minimum absolute atomic E-state index is 0.0567. The summed E-state index contributed by atoms with van der Waals surface area (Å²) < 4.78 is 2.11. The zero-order valence-corrected chi connectivity index (χ0v) is 14.4. The quantitative estimate of drug-likeness (QED) is 0.319. The Morgan fingerprint density at radius 3 is 2.50 bits per heavy atom. The third kappa shape index (κ3) is 4.51. The van der Waals surface area contributed by atoms with Crippen LogP contribution >= 0.6 is 0 Å². The maximum Gasteiger partial charge on any atom is 0.269 e. The fraction of sp³-hybridized carbons (Fsp3) is 0.100. The summed E-state index contributed by atoms with van der Waals surface area (Å²) in [6.45, 7) is 2.71. The molecular formula is C20H19N4O2+. The number of hydrazone groups is 1. The monoisotopic (exact) mass is 347 g/mol. The summed E-state index contributed by atoms with van der Waals surface area (Å²) in [7, 11) is 0. The average Bonchev–Trinajstić information content (AvgIpc) is 2.67. The normalized spacial score (nSPS) is 11.2. The molecule has 130 valence electrons. The number of nitrogens with zero attached hydrogens (tertiary/aromatic N) is 3. The van der Waals surface area contributed by atoms with Gasteiger partial charge in [-0.1, -0.05) is 30.3 Å². The maximum atomic E-state index is 10.7. The summed E-state index contributed by atoms with van der Waals surface area (Å²) >= 11 is 0. The van der Waals surface area contributed by atoms with Gasteiger partial charge in [0.25, 0.3) is 5.69 Å². The summed E-state index contributed by atoms with van der Waals surface area (Å²) in [5, 5.41) is 15.1. The Hall–Kier alpha value is -3.54. The van der Waals surface area contributed by atoms with Crippen molar-refractivity contribution in [2.75, 3.05) is 5.43 Å². The van der Waals surface area contributed by atoms with Crippen LogP contribution in [-0.4, -0.2) is 10.6 Å². The molecule has 0 aliphatic carbocycles. The third-order valence-corrected chi connectivity index (χ3v) is 3.91. The number of non-ortho nitro benzene ring substituents is 1. The van der Waals surface area contributed by atoms with Crippen LogP contribution in [0.15, 0.2) is 84.2 Å². The van der Waals surface area contributed by atoms with Crippen molar-refractivity contribution in [3.63, 3.8) is 0 Å². The molecule has 0 atom stereocenters. The van der Waals surface area contributed by atoms with Crippen molar-refractivity contribution in [1.29, 1.82) is 0 Å². The Balaban J connectivity index is 1.70. The van der Waals surface area contributed by atoms with Crippen molar-refractivity contribution in [3.05, 3.63) is 100 Å². The number of benzene rings is 2. The highest BCUT2D eigenvalue weighted by Crippen LogP contribution is 2.15. The van der Waals surface area contributed by atoms with Crippen molar-refractivity contribution in [1.82, 2.24) is 0 Å². The lowest BCUT2D eigenvalue weighted by molar-refractivity contribution is -0.688.